The Bertz CT molecular complexity index is 959. The number of amides is 4. The van der Waals surface area contributed by atoms with Gasteiger partial charge in [-0.25, -0.2) is 4.79 Å². The van der Waals surface area contributed by atoms with Gasteiger partial charge in [-0.1, -0.05) is 52.3 Å². The zero-order valence-corrected chi connectivity index (χ0v) is 17.3. The van der Waals surface area contributed by atoms with Gasteiger partial charge < -0.3 is 9.47 Å². The van der Waals surface area contributed by atoms with Crippen LogP contribution in [0.25, 0.3) is 6.08 Å². The fourth-order valence-corrected chi connectivity index (χ4v) is 2.97. The highest BCUT2D eigenvalue weighted by Gasteiger charge is 2.35. The quantitative estimate of drug-likeness (QED) is 0.391. The monoisotopic (exact) mass is 458 g/mol. The molecule has 3 rings (SSSR count). The fourth-order valence-electron chi connectivity index (χ4n) is 2.81. The summed E-state index contributed by atoms with van der Waals surface area (Å²) in [6.07, 6.45) is 1.43. The molecule has 2 aromatic carbocycles. The number of carbonyl (C=O) groups is 3. The van der Waals surface area contributed by atoms with Crippen LogP contribution in [-0.4, -0.2) is 41.8 Å². The molecule has 7 nitrogen and oxygen atoms in total. The van der Waals surface area contributed by atoms with Crippen LogP contribution in [0, 0.1) is 0 Å². The zero-order chi connectivity index (χ0) is 20.8. The lowest BCUT2D eigenvalue weighted by Crippen LogP contribution is -2.53. The van der Waals surface area contributed by atoms with Gasteiger partial charge in [-0.15, -0.1) is 0 Å². The van der Waals surface area contributed by atoms with E-state index in [4.69, 9.17) is 9.47 Å². The van der Waals surface area contributed by atoms with E-state index >= 15 is 0 Å². The number of methoxy groups -OCH3 is 1. The van der Waals surface area contributed by atoms with E-state index in [2.05, 4.69) is 21.2 Å². The molecule has 4 amide bonds. The highest BCUT2D eigenvalue weighted by Crippen LogP contribution is 2.29. The molecule has 1 fully saturated rings. The number of hydrogen-bond donors (Lipinski definition) is 1. The van der Waals surface area contributed by atoms with E-state index in [9.17, 15) is 14.4 Å². The van der Waals surface area contributed by atoms with Crippen LogP contribution in [-0.2, 0) is 16.1 Å². The molecule has 0 unspecified atom stereocenters. The minimum Gasteiger partial charge on any atom is -0.493 e. The van der Waals surface area contributed by atoms with Gasteiger partial charge in [0.05, 0.1) is 20.3 Å². The van der Waals surface area contributed by atoms with Crippen molar-refractivity contribution in [1.82, 2.24) is 10.2 Å². The molecule has 0 spiro atoms. The summed E-state index contributed by atoms with van der Waals surface area (Å²) in [6, 6.07) is 13.4. The Morgan fingerprint density at radius 1 is 1.07 bits per heavy atom. The second-order valence-electron chi connectivity index (χ2n) is 6.14. The van der Waals surface area contributed by atoms with Crippen LogP contribution in [0.5, 0.6) is 11.5 Å². The molecule has 0 saturated carbocycles. The molecule has 0 radical (unpaired) electrons. The molecule has 150 valence electrons. The van der Waals surface area contributed by atoms with Crippen LogP contribution < -0.4 is 14.8 Å². The number of barbiturate groups is 1. The smallest absolute Gasteiger partial charge is 0.331 e. The summed E-state index contributed by atoms with van der Waals surface area (Å²) in [5.74, 6) is -0.361. The third-order valence-electron chi connectivity index (χ3n) is 4.20. The van der Waals surface area contributed by atoms with Crippen LogP contribution in [0.1, 0.15) is 11.1 Å². The molecule has 1 saturated heterocycles. The van der Waals surface area contributed by atoms with Crippen LogP contribution >= 0.6 is 15.9 Å². The van der Waals surface area contributed by atoms with Crippen molar-refractivity contribution in [2.45, 2.75) is 6.54 Å². The van der Waals surface area contributed by atoms with Crippen LogP contribution in [0.3, 0.4) is 0 Å². The van der Waals surface area contributed by atoms with E-state index in [-0.39, 0.29) is 12.1 Å². The predicted octanol–water partition coefficient (Wildman–Crippen LogP) is 3.13. The van der Waals surface area contributed by atoms with Crippen molar-refractivity contribution < 1.29 is 23.9 Å². The third kappa shape index (κ3) is 4.83. The molecule has 0 atom stereocenters. The molecule has 1 aliphatic rings. The van der Waals surface area contributed by atoms with Gasteiger partial charge in [-0.2, -0.15) is 0 Å². The molecular weight excluding hydrogens is 440 g/mol. The first kappa shape index (κ1) is 20.6. The summed E-state index contributed by atoms with van der Waals surface area (Å²) in [5, 5.41) is 2.88. The Labute approximate surface area is 176 Å². The van der Waals surface area contributed by atoms with E-state index in [1.165, 1.54) is 13.2 Å². The molecule has 0 bridgehead atoms. The molecule has 1 heterocycles. The van der Waals surface area contributed by atoms with Gasteiger partial charge in [0.2, 0.25) is 0 Å². The van der Waals surface area contributed by atoms with Gasteiger partial charge in [0.1, 0.15) is 5.57 Å². The molecule has 29 heavy (non-hydrogen) atoms. The minimum atomic E-state index is -0.739. The van der Waals surface area contributed by atoms with E-state index in [1.54, 1.807) is 30.3 Å². The molecule has 0 aliphatic carbocycles. The number of nitrogens with zero attached hydrogens (tertiary/aromatic N) is 1. The molecule has 0 aromatic heterocycles. The second-order valence-corrected chi connectivity index (χ2v) is 6.93. The molecule has 1 aliphatic heterocycles. The van der Waals surface area contributed by atoms with Gasteiger partial charge in [-0.05, 0) is 29.3 Å². The predicted molar refractivity (Wildman–Crippen MR) is 111 cm³/mol. The summed E-state index contributed by atoms with van der Waals surface area (Å²) in [4.78, 5) is 38.3. The number of carbonyl (C=O) groups excluding carboxylic acids is 3. The van der Waals surface area contributed by atoms with Crippen molar-refractivity contribution in [3.63, 3.8) is 0 Å². The first-order chi connectivity index (χ1) is 14.0. The zero-order valence-electron chi connectivity index (χ0n) is 15.7. The topological polar surface area (TPSA) is 84.9 Å². The Balaban J connectivity index is 1.88. The average Bonchev–Trinajstić information content (AvgIpc) is 2.73. The number of hydrogen-bond acceptors (Lipinski definition) is 5. The molecule has 2 aromatic rings. The number of halogens is 1. The van der Waals surface area contributed by atoms with E-state index in [1.807, 2.05) is 18.2 Å². The van der Waals surface area contributed by atoms with E-state index in [0.717, 1.165) is 10.5 Å². The normalized spacial score (nSPS) is 15.4. The maximum absolute atomic E-state index is 12.8. The number of urea groups is 1. The highest BCUT2D eigenvalue weighted by molar-refractivity contribution is 9.09. The summed E-state index contributed by atoms with van der Waals surface area (Å²) in [5.41, 5.74) is 1.22. The summed E-state index contributed by atoms with van der Waals surface area (Å²) >= 11 is 3.29. The van der Waals surface area contributed by atoms with Crippen molar-refractivity contribution in [3.8, 4) is 11.5 Å². The van der Waals surface area contributed by atoms with Crippen molar-refractivity contribution in [2.24, 2.45) is 0 Å². The first-order valence-electron chi connectivity index (χ1n) is 8.83. The first-order valence-corrected chi connectivity index (χ1v) is 9.95. The Morgan fingerprint density at radius 3 is 2.52 bits per heavy atom. The average molecular weight is 459 g/mol. The number of nitrogens with one attached hydrogen (secondary N) is 1. The maximum Gasteiger partial charge on any atom is 0.331 e. The molecular formula is C21H19BrN2O5. The Hall–Kier alpha value is -3.13. The van der Waals surface area contributed by atoms with E-state index < -0.39 is 17.8 Å². The van der Waals surface area contributed by atoms with Crippen molar-refractivity contribution in [1.29, 1.82) is 0 Å². The third-order valence-corrected chi connectivity index (χ3v) is 4.53. The second kappa shape index (κ2) is 9.38. The van der Waals surface area contributed by atoms with Crippen LogP contribution in [0.15, 0.2) is 54.1 Å². The van der Waals surface area contributed by atoms with Crippen molar-refractivity contribution >= 4 is 39.9 Å². The number of imide groups is 2. The number of alkyl halides is 1. The lowest BCUT2D eigenvalue weighted by atomic mass is 10.1. The van der Waals surface area contributed by atoms with Gasteiger partial charge in [-0.3, -0.25) is 19.8 Å². The van der Waals surface area contributed by atoms with Gasteiger partial charge in [0.25, 0.3) is 11.8 Å². The minimum absolute atomic E-state index is 0.0682. The highest BCUT2D eigenvalue weighted by atomic mass is 79.9. The number of rotatable bonds is 7. The summed E-state index contributed by atoms with van der Waals surface area (Å²) < 4.78 is 10.9. The van der Waals surface area contributed by atoms with Crippen molar-refractivity contribution in [2.75, 3.05) is 19.0 Å². The van der Waals surface area contributed by atoms with E-state index in [0.29, 0.717) is 29.0 Å². The van der Waals surface area contributed by atoms with Crippen LogP contribution in [0.4, 0.5) is 4.79 Å². The molecule has 1 N–H and O–H groups in total. The van der Waals surface area contributed by atoms with Gasteiger partial charge in [0.15, 0.2) is 11.5 Å². The van der Waals surface area contributed by atoms with Crippen LogP contribution in [0.2, 0.25) is 0 Å². The van der Waals surface area contributed by atoms with Gasteiger partial charge >= 0.3 is 6.03 Å². The number of ether oxygens (including phenoxy) is 2. The SMILES string of the molecule is COc1cc(C=C2C(=O)NC(=O)N(Cc3ccccc3)C2=O)ccc1OCCBr. The largest absolute Gasteiger partial charge is 0.493 e. The fraction of sp³-hybridized carbons (Fsp3) is 0.190. The number of benzene rings is 2. The summed E-state index contributed by atoms with van der Waals surface area (Å²) in [7, 11) is 1.51. The maximum atomic E-state index is 12.8. The summed E-state index contributed by atoms with van der Waals surface area (Å²) in [6.45, 7) is 0.535. The Morgan fingerprint density at radius 2 is 1.83 bits per heavy atom. The lowest BCUT2D eigenvalue weighted by molar-refractivity contribution is -0.130. The standard InChI is InChI=1S/C21H19BrN2O5/c1-28-18-12-15(7-8-17(18)29-10-9-22)11-16-19(25)23-21(27)24(20(16)26)13-14-5-3-2-4-6-14/h2-8,11-12H,9-10,13H2,1H3,(H,23,25,27). The molecule has 8 heteroatoms. The van der Waals surface area contributed by atoms with Crippen molar-refractivity contribution in [3.05, 3.63) is 65.2 Å². The Kier molecular flexibility index (Phi) is 6.66. The lowest BCUT2D eigenvalue weighted by Gasteiger charge is -2.26. The van der Waals surface area contributed by atoms with Gasteiger partial charge in [0, 0.05) is 5.33 Å².